The van der Waals surface area contributed by atoms with Crippen molar-refractivity contribution in [1.29, 1.82) is 0 Å². The quantitative estimate of drug-likeness (QED) is 0.738. The molecule has 0 radical (unpaired) electrons. The number of benzene rings is 2. The molecule has 0 unspecified atom stereocenters. The minimum Gasteiger partial charge on any atom is -0.496 e. The van der Waals surface area contributed by atoms with Crippen LogP contribution in [0.5, 0.6) is 11.5 Å². The Morgan fingerprint density at radius 2 is 1.62 bits per heavy atom. The highest BCUT2D eigenvalue weighted by Gasteiger charge is 2.35. The number of nitrogens with zero attached hydrogens (tertiary/aromatic N) is 1. The molecule has 0 spiro atoms. The lowest BCUT2D eigenvalue weighted by Gasteiger charge is -2.13. The van der Waals surface area contributed by atoms with Gasteiger partial charge in [-0.25, -0.2) is 0 Å². The summed E-state index contributed by atoms with van der Waals surface area (Å²) in [6.07, 6.45) is 1.65. The molecule has 1 saturated heterocycles. The number of methoxy groups -OCH3 is 2. The van der Waals surface area contributed by atoms with Crippen LogP contribution < -0.4 is 9.47 Å². The van der Waals surface area contributed by atoms with Crippen molar-refractivity contribution in [3.8, 4) is 11.5 Å². The Morgan fingerprint density at radius 3 is 2.19 bits per heavy atom. The number of thioether (sulfide) groups is 1. The molecule has 134 valence electrons. The fourth-order valence-corrected chi connectivity index (χ4v) is 3.49. The molecule has 26 heavy (non-hydrogen) atoms. The highest BCUT2D eigenvalue weighted by molar-refractivity contribution is 8.18. The Balaban J connectivity index is 1.89. The van der Waals surface area contributed by atoms with Crippen LogP contribution in [0.1, 0.15) is 16.7 Å². The van der Waals surface area contributed by atoms with E-state index in [4.69, 9.17) is 9.47 Å². The van der Waals surface area contributed by atoms with E-state index in [1.807, 2.05) is 31.2 Å². The summed E-state index contributed by atoms with van der Waals surface area (Å²) in [6, 6.07) is 13.1. The van der Waals surface area contributed by atoms with E-state index in [1.54, 1.807) is 38.5 Å². The molecule has 1 aliphatic heterocycles. The zero-order valence-corrected chi connectivity index (χ0v) is 15.6. The van der Waals surface area contributed by atoms with Crippen molar-refractivity contribution >= 4 is 29.0 Å². The van der Waals surface area contributed by atoms with Gasteiger partial charge in [0, 0.05) is 0 Å². The number of hydrogen-bond donors (Lipinski definition) is 0. The summed E-state index contributed by atoms with van der Waals surface area (Å²) in [5.41, 5.74) is 2.68. The highest BCUT2D eigenvalue weighted by atomic mass is 32.2. The van der Waals surface area contributed by atoms with Gasteiger partial charge in [0.15, 0.2) is 0 Å². The topological polar surface area (TPSA) is 55.8 Å². The van der Waals surface area contributed by atoms with Crippen molar-refractivity contribution in [2.75, 3.05) is 14.2 Å². The number of aryl methyl sites for hydroxylation is 1. The molecular weight excluding hydrogens is 350 g/mol. The van der Waals surface area contributed by atoms with E-state index >= 15 is 0 Å². The average molecular weight is 369 g/mol. The standard InChI is InChI=1S/C20H19NO4S/c1-13-7-9-14(10-8-13)12-21-19(22)18(26-20(21)23)11-15-16(24-2)5-4-6-17(15)25-3/h4-11H,12H2,1-3H3/b18-11-. The average Bonchev–Trinajstić information content (AvgIpc) is 2.91. The molecule has 2 aromatic carbocycles. The second-order valence-corrected chi connectivity index (χ2v) is 6.82. The fraction of sp³-hybridized carbons (Fsp3) is 0.200. The second-order valence-electron chi connectivity index (χ2n) is 5.83. The molecular formula is C20H19NO4S. The van der Waals surface area contributed by atoms with E-state index in [9.17, 15) is 9.59 Å². The van der Waals surface area contributed by atoms with Gasteiger partial charge < -0.3 is 9.47 Å². The predicted octanol–water partition coefficient (Wildman–Crippen LogP) is 4.25. The number of imide groups is 1. The summed E-state index contributed by atoms with van der Waals surface area (Å²) in [5.74, 6) is 0.845. The van der Waals surface area contributed by atoms with Gasteiger partial charge in [-0.3, -0.25) is 14.5 Å². The van der Waals surface area contributed by atoms with Gasteiger partial charge in [0.1, 0.15) is 11.5 Å². The fourth-order valence-electron chi connectivity index (χ4n) is 2.67. The van der Waals surface area contributed by atoms with E-state index in [1.165, 1.54) is 4.90 Å². The van der Waals surface area contributed by atoms with Gasteiger partial charge >= 0.3 is 0 Å². The first-order valence-corrected chi connectivity index (χ1v) is 8.87. The maximum Gasteiger partial charge on any atom is 0.293 e. The third-order valence-electron chi connectivity index (χ3n) is 4.08. The zero-order chi connectivity index (χ0) is 18.7. The number of hydrogen-bond acceptors (Lipinski definition) is 5. The molecule has 1 fully saturated rings. The van der Waals surface area contributed by atoms with Gasteiger partial charge in [-0.15, -0.1) is 0 Å². The van der Waals surface area contributed by atoms with Crippen molar-refractivity contribution in [2.45, 2.75) is 13.5 Å². The largest absolute Gasteiger partial charge is 0.496 e. The predicted molar refractivity (Wildman–Crippen MR) is 102 cm³/mol. The number of amides is 2. The number of rotatable bonds is 5. The molecule has 2 aromatic rings. The first kappa shape index (κ1) is 18.1. The SMILES string of the molecule is COc1cccc(OC)c1/C=C1\SC(=O)N(Cc2ccc(C)cc2)C1=O. The molecule has 2 amide bonds. The molecule has 5 nitrogen and oxygen atoms in total. The Morgan fingerprint density at radius 1 is 1.00 bits per heavy atom. The van der Waals surface area contributed by atoms with Gasteiger partial charge in [-0.1, -0.05) is 35.9 Å². The summed E-state index contributed by atoms with van der Waals surface area (Å²) in [4.78, 5) is 26.7. The van der Waals surface area contributed by atoms with Crippen LogP contribution in [0, 0.1) is 6.92 Å². The monoisotopic (exact) mass is 369 g/mol. The van der Waals surface area contributed by atoms with E-state index in [2.05, 4.69) is 0 Å². The molecule has 0 aliphatic carbocycles. The lowest BCUT2D eigenvalue weighted by atomic mass is 10.1. The van der Waals surface area contributed by atoms with Crippen LogP contribution in [-0.4, -0.2) is 30.3 Å². The van der Waals surface area contributed by atoms with Gasteiger partial charge in [0.25, 0.3) is 11.1 Å². The summed E-state index contributed by atoms with van der Waals surface area (Å²) in [7, 11) is 3.10. The Hall–Kier alpha value is -2.73. The van der Waals surface area contributed by atoms with Crippen LogP contribution in [0.4, 0.5) is 4.79 Å². The van der Waals surface area contributed by atoms with Crippen molar-refractivity contribution < 1.29 is 19.1 Å². The third-order valence-corrected chi connectivity index (χ3v) is 4.98. The van der Waals surface area contributed by atoms with Gasteiger partial charge in [-0.05, 0) is 42.5 Å². The number of carbonyl (C=O) groups is 2. The maximum absolute atomic E-state index is 12.7. The van der Waals surface area contributed by atoms with Crippen molar-refractivity contribution in [3.05, 3.63) is 64.1 Å². The van der Waals surface area contributed by atoms with E-state index in [0.717, 1.165) is 22.9 Å². The molecule has 6 heteroatoms. The van der Waals surface area contributed by atoms with Crippen molar-refractivity contribution in [2.24, 2.45) is 0 Å². The van der Waals surface area contributed by atoms with Crippen LogP contribution in [0.3, 0.4) is 0 Å². The molecule has 0 bridgehead atoms. The van der Waals surface area contributed by atoms with Crippen molar-refractivity contribution in [3.63, 3.8) is 0 Å². The first-order chi connectivity index (χ1) is 12.5. The Bertz CT molecular complexity index is 852. The van der Waals surface area contributed by atoms with Gasteiger partial charge in [0.05, 0.1) is 31.2 Å². The number of ether oxygens (including phenoxy) is 2. The minimum absolute atomic E-state index is 0.255. The van der Waals surface area contributed by atoms with E-state index in [-0.39, 0.29) is 17.7 Å². The van der Waals surface area contributed by atoms with E-state index in [0.29, 0.717) is 22.0 Å². The molecule has 1 heterocycles. The van der Waals surface area contributed by atoms with Crippen LogP contribution in [0.2, 0.25) is 0 Å². The second kappa shape index (κ2) is 7.66. The smallest absolute Gasteiger partial charge is 0.293 e. The third kappa shape index (κ3) is 3.60. The highest BCUT2D eigenvalue weighted by Crippen LogP contribution is 2.37. The van der Waals surface area contributed by atoms with Crippen LogP contribution in [0.15, 0.2) is 47.4 Å². The Labute approximate surface area is 156 Å². The lowest BCUT2D eigenvalue weighted by molar-refractivity contribution is -0.123. The Kier molecular flexibility index (Phi) is 5.32. The summed E-state index contributed by atoms with van der Waals surface area (Å²) < 4.78 is 10.7. The molecule has 3 rings (SSSR count). The molecule has 0 aromatic heterocycles. The minimum atomic E-state index is -0.312. The maximum atomic E-state index is 12.7. The van der Waals surface area contributed by atoms with Crippen LogP contribution >= 0.6 is 11.8 Å². The normalized spacial score (nSPS) is 15.7. The summed E-state index contributed by atoms with van der Waals surface area (Å²) in [6.45, 7) is 2.25. The zero-order valence-electron chi connectivity index (χ0n) is 14.8. The van der Waals surface area contributed by atoms with Crippen LogP contribution in [0.25, 0.3) is 6.08 Å². The molecule has 0 N–H and O–H groups in total. The van der Waals surface area contributed by atoms with Gasteiger partial charge in [0.2, 0.25) is 0 Å². The van der Waals surface area contributed by atoms with Crippen LogP contribution in [-0.2, 0) is 11.3 Å². The summed E-state index contributed by atoms with van der Waals surface area (Å²) in [5, 5.41) is -0.282. The molecule has 0 atom stereocenters. The van der Waals surface area contributed by atoms with E-state index < -0.39 is 0 Å². The molecule has 1 aliphatic rings. The van der Waals surface area contributed by atoms with Gasteiger partial charge in [-0.2, -0.15) is 0 Å². The first-order valence-electron chi connectivity index (χ1n) is 8.05. The number of carbonyl (C=O) groups excluding carboxylic acids is 2. The molecule has 0 saturated carbocycles. The van der Waals surface area contributed by atoms with Crippen molar-refractivity contribution in [1.82, 2.24) is 4.90 Å². The lowest BCUT2D eigenvalue weighted by Crippen LogP contribution is -2.27. The summed E-state index contributed by atoms with van der Waals surface area (Å²) >= 11 is 0.925.